The van der Waals surface area contributed by atoms with E-state index in [1.54, 1.807) is 14.2 Å². The van der Waals surface area contributed by atoms with Crippen LogP contribution in [0.2, 0.25) is 0 Å². The van der Waals surface area contributed by atoms with E-state index in [2.05, 4.69) is 35.2 Å². The number of aliphatic imine (C=N–C) groups is 1. The molecule has 6 nitrogen and oxygen atoms in total. The van der Waals surface area contributed by atoms with E-state index in [-0.39, 0.29) is 0 Å². The Bertz CT molecular complexity index is 571. The van der Waals surface area contributed by atoms with Gasteiger partial charge in [-0.3, -0.25) is 4.99 Å². The number of nitrogens with zero attached hydrogens (tertiary/aromatic N) is 3. The molecule has 0 aliphatic carbocycles. The van der Waals surface area contributed by atoms with Gasteiger partial charge in [0.15, 0.2) is 5.96 Å². The van der Waals surface area contributed by atoms with Gasteiger partial charge < -0.3 is 24.6 Å². The first-order valence-electron chi connectivity index (χ1n) is 10.0. The first-order valence-corrected chi connectivity index (χ1v) is 10.0. The Morgan fingerprint density at radius 2 is 2.00 bits per heavy atom. The molecule has 0 atom stereocenters. The Labute approximate surface area is 164 Å². The number of para-hydroxylation sites is 1. The maximum Gasteiger partial charge on any atom is 0.193 e. The van der Waals surface area contributed by atoms with Crippen LogP contribution < -0.4 is 10.1 Å². The van der Waals surface area contributed by atoms with Crippen molar-refractivity contribution >= 4 is 5.96 Å². The monoisotopic (exact) mass is 376 g/mol. The van der Waals surface area contributed by atoms with E-state index >= 15 is 0 Å². The number of hydrogen-bond donors (Lipinski definition) is 1. The van der Waals surface area contributed by atoms with Crippen LogP contribution in [0.5, 0.6) is 5.75 Å². The molecule has 0 bridgehead atoms. The number of hydrogen-bond acceptors (Lipinski definition) is 4. The second-order valence-electron chi connectivity index (χ2n) is 7.14. The summed E-state index contributed by atoms with van der Waals surface area (Å²) in [4.78, 5) is 9.59. The number of benzene rings is 1. The highest BCUT2D eigenvalue weighted by Crippen LogP contribution is 2.20. The van der Waals surface area contributed by atoms with Crippen LogP contribution >= 0.6 is 0 Å². The van der Waals surface area contributed by atoms with Gasteiger partial charge in [0.1, 0.15) is 5.75 Å². The van der Waals surface area contributed by atoms with Crippen LogP contribution in [0.3, 0.4) is 0 Å². The lowest BCUT2D eigenvalue weighted by Gasteiger charge is -2.31. The fraction of sp³-hybridized carbons (Fsp3) is 0.667. The zero-order chi connectivity index (χ0) is 19.5. The lowest BCUT2D eigenvalue weighted by molar-refractivity contribution is 0.121. The summed E-state index contributed by atoms with van der Waals surface area (Å²) < 4.78 is 10.7. The van der Waals surface area contributed by atoms with Crippen LogP contribution in [-0.2, 0) is 11.3 Å². The summed E-state index contributed by atoms with van der Waals surface area (Å²) in [6.45, 7) is 8.79. The molecule has 1 aromatic rings. The van der Waals surface area contributed by atoms with Crippen molar-refractivity contribution in [1.29, 1.82) is 0 Å². The minimum Gasteiger partial charge on any atom is -0.496 e. The van der Waals surface area contributed by atoms with Gasteiger partial charge in [0.05, 0.1) is 13.7 Å². The third-order valence-electron chi connectivity index (χ3n) is 5.11. The molecule has 0 amide bonds. The molecule has 0 aromatic heterocycles. The molecular formula is C21H36N4O2. The van der Waals surface area contributed by atoms with Crippen molar-refractivity contribution in [3.63, 3.8) is 0 Å². The van der Waals surface area contributed by atoms with E-state index in [9.17, 15) is 0 Å². The van der Waals surface area contributed by atoms with Crippen molar-refractivity contribution in [2.75, 3.05) is 60.6 Å². The molecule has 1 aliphatic heterocycles. The largest absolute Gasteiger partial charge is 0.496 e. The minimum atomic E-state index is 0.664. The van der Waals surface area contributed by atoms with E-state index in [4.69, 9.17) is 14.5 Å². The Balaban J connectivity index is 1.90. The number of likely N-dealkylation sites (tertiary alicyclic amines) is 1. The molecule has 1 heterocycles. The normalized spacial score (nSPS) is 16.4. The predicted molar refractivity (Wildman–Crippen MR) is 111 cm³/mol. The summed E-state index contributed by atoms with van der Waals surface area (Å²) >= 11 is 0. The van der Waals surface area contributed by atoms with E-state index in [1.165, 1.54) is 18.4 Å². The highest BCUT2D eigenvalue weighted by Gasteiger charge is 2.19. The Morgan fingerprint density at radius 1 is 1.26 bits per heavy atom. The molecule has 6 heteroatoms. The highest BCUT2D eigenvalue weighted by molar-refractivity contribution is 5.79. The van der Waals surface area contributed by atoms with E-state index in [0.29, 0.717) is 5.92 Å². The van der Waals surface area contributed by atoms with Crippen molar-refractivity contribution in [3.05, 3.63) is 29.8 Å². The van der Waals surface area contributed by atoms with Gasteiger partial charge in [0.25, 0.3) is 0 Å². The maximum atomic E-state index is 5.48. The van der Waals surface area contributed by atoms with Crippen molar-refractivity contribution in [3.8, 4) is 5.75 Å². The minimum absolute atomic E-state index is 0.664. The number of piperidine rings is 1. The third-order valence-corrected chi connectivity index (χ3v) is 5.11. The third kappa shape index (κ3) is 7.03. The van der Waals surface area contributed by atoms with Gasteiger partial charge in [-0.15, -0.1) is 0 Å². The van der Waals surface area contributed by atoms with Crippen LogP contribution in [-0.4, -0.2) is 76.4 Å². The first kappa shape index (κ1) is 21.5. The average molecular weight is 377 g/mol. The van der Waals surface area contributed by atoms with Gasteiger partial charge in [-0.1, -0.05) is 18.2 Å². The van der Waals surface area contributed by atoms with E-state index in [0.717, 1.165) is 57.6 Å². The summed E-state index contributed by atoms with van der Waals surface area (Å²) in [7, 11) is 5.57. The molecule has 1 aromatic carbocycles. The summed E-state index contributed by atoms with van der Waals surface area (Å²) in [5.41, 5.74) is 1.17. The maximum absolute atomic E-state index is 5.48. The van der Waals surface area contributed by atoms with E-state index in [1.807, 2.05) is 18.2 Å². The summed E-state index contributed by atoms with van der Waals surface area (Å²) in [6.07, 6.45) is 2.42. The number of methoxy groups -OCH3 is 2. The van der Waals surface area contributed by atoms with Gasteiger partial charge in [-0.2, -0.15) is 0 Å². The fourth-order valence-corrected chi connectivity index (χ4v) is 3.46. The number of nitrogens with one attached hydrogen (secondary N) is 1. The smallest absolute Gasteiger partial charge is 0.193 e. The molecule has 1 saturated heterocycles. The molecule has 0 saturated carbocycles. The molecule has 1 N–H and O–H groups in total. The summed E-state index contributed by atoms with van der Waals surface area (Å²) in [5, 5.41) is 3.42. The molecule has 152 valence electrons. The predicted octanol–water partition coefficient (Wildman–Crippen LogP) is 2.45. The second-order valence-corrected chi connectivity index (χ2v) is 7.14. The van der Waals surface area contributed by atoms with Crippen LogP contribution in [0.4, 0.5) is 0 Å². The Morgan fingerprint density at radius 3 is 2.67 bits per heavy atom. The Hall–Kier alpha value is -1.79. The van der Waals surface area contributed by atoms with Gasteiger partial charge >= 0.3 is 0 Å². The lowest BCUT2D eigenvalue weighted by Crippen LogP contribution is -2.40. The number of rotatable bonds is 9. The molecule has 1 aliphatic rings. The van der Waals surface area contributed by atoms with Crippen molar-refractivity contribution in [2.24, 2.45) is 10.9 Å². The van der Waals surface area contributed by atoms with Crippen LogP contribution in [0.1, 0.15) is 25.3 Å². The van der Waals surface area contributed by atoms with Crippen molar-refractivity contribution in [2.45, 2.75) is 26.3 Å². The fourth-order valence-electron chi connectivity index (χ4n) is 3.46. The quantitative estimate of drug-likeness (QED) is 0.530. The van der Waals surface area contributed by atoms with Crippen molar-refractivity contribution in [1.82, 2.24) is 15.1 Å². The topological polar surface area (TPSA) is 49.3 Å². The molecule has 27 heavy (non-hydrogen) atoms. The van der Waals surface area contributed by atoms with E-state index < -0.39 is 0 Å². The molecular weight excluding hydrogens is 340 g/mol. The van der Waals surface area contributed by atoms with Crippen LogP contribution in [0.25, 0.3) is 0 Å². The molecule has 0 unspecified atom stereocenters. The molecule has 2 rings (SSSR count). The van der Waals surface area contributed by atoms with Gasteiger partial charge in [0.2, 0.25) is 0 Å². The standard InChI is InChI=1S/C21H36N4O2/c1-5-22-21(24(2)17-19-8-6-7-9-20(19)27-4)23-16-18-10-12-25(13-11-18)14-15-26-3/h6-9,18H,5,10-17H2,1-4H3,(H,22,23). The zero-order valence-electron chi connectivity index (χ0n) is 17.4. The Kier molecular flexibility index (Phi) is 9.42. The molecule has 1 fully saturated rings. The first-order chi connectivity index (χ1) is 13.2. The summed E-state index contributed by atoms with van der Waals surface area (Å²) in [5.74, 6) is 2.55. The van der Waals surface area contributed by atoms with Gasteiger partial charge in [-0.05, 0) is 44.8 Å². The van der Waals surface area contributed by atoms with Crippen LogP contribution in [0.15, 0.2) is 29.3 Å². The SMILES string of the molecule is CCNC(=NCC1CCN(CCOC)CC1)N(C)Cc1ccccc1OC. The lowest BCUT2D eigenvalue weighted by atomic mass is 9.97. The number of ether oxygens (including phenoxy) is 2. The second kappa shape index (κ2) is 11.8. The van der Waals surface area contributed by atoms with Crippen molar-refractivity contribution < 1.29 is 9.47 Å². The van der Waals surface area contributed by atoms with Crippen LogP contribution in [0, 0.1) is 5.92 Å². The average Bonchev–Trinajstić information content (AvgIpc) is 2.70. The number of guanidine groups is 1. The van der Waals surface area contributed by atoms with Gasteiger partial charge in [-0.25, -0.2) is 0 Å². The molecule has 0 radical (unpaired) electrons. The summed E-state index contributed by atoms with van der Waals surface area (Å²) in [6, 6.07) is 8.16. The molecule has 0 spiro atoms. The zero-order valence-corrected chi connectivity index (χ0v) is 17.4. The van der Waals surface area contributed by atoms with Gasteiger partial charge in [0, 0.05) is 45.9 Å². The highest BCUT2D eigenvalue weighted by atomic mass is 16.5.